The van der Waals surface area contributed by atoms with Gasteiger partial charge in [0.25, 0.3) is 0 Å². The maximum absolute atomic E-state index is 13.8. The number of hydrogen-bond acceptors (Lipinski definition) is 6. The molecule has 8 nitrogen and oxygen atoms in total. The van der Waals surface area contributed by atoms with Crippen LogP contribution < -0.4 is 0 Å². The third kappa shape index (κ3) is 3.91. The van der Waals surface area contributed by atoms with Crippen molar-refractivity contribution in [2.45, 2.75) is 6.54 Å². The summed E-state index contributed by atoms with van der Waals surface area (Å²) in [6.07, 6.45) is 7.13. The lowest BCUT2D eigenvalue weighted by Gasteiger charge is -2.10. The van der Waals surface area contributed by atoms with E-state index < -0.39 is 0 Å². The molecule has 0 amide bonds. The molecule has 6 aromatic rings. The lowest BCUT2D eigenvalue weighted by atomic mass is 10.1. The van der Waals surface area contributed by atoms with Gasteiger partial charge in [-0.1, -0.05) is 12.1 Å². The summed E-state index contributed by atoms with van der Waals surface area (Å²) < 4.78 is 13.8. The topological polar surface area (TPSA) is 99.3 Å². The predicted octanol–water partition coefficient (Wildman–Crippen LogP) is 4.83. The van der Waals surface area contributed by atoms with Crippen molar-refractivity contribution < 1.29 is 4.39 Å². The second-order valence-corrected chi connectivity index (χ2v) is 8.66. The number of H-pyrrole nitrogens is 2. The van der Waals surface area contributed by atoms with Crippen molar-refractivity contribution in [1.82, 2.24) is 40.0 Å². The average Bonchev–Trinajstić information content (AvgIpc) is 3.47. The van der Waals surface area contributed by atoms with Gasteiger partial charge in [0, 0.05) is 41.6 Å². The number of aromatic nitrogens is 7. The van der Waals surface area contributed by atoms with E-state index >= 15 is 0 Å². The summed E-state index contributed by atoms with van der Waals surface area (Å²) in [6, 6.07) is 12.3. The number of rotatable bonds is 5. The Morgan fingerprint density at radius 2 is 1.83 bits per heavy atom. The summed E-state index contributed by atoms with van der Waals surface area (Å²) in [5.74, 6) is 0.271. The van der Waals surface area contributed by atoms with E-state index in [0.29, 0.717) is 28.3 Å². The van der Waals surface area contributed by atoms with Crippen LogP contribution in [0.3, 0.4) is 0 Å². The largest absolute Gasteiger partial charge is 0.336 e. The van der Waals surface area contributed by atoms with Gasteiger partial charge < -0.3 is 9.88 Å². The van der Waals surface area contributed by atoms with Gasteiger partial charge in [0.2, 0.25) is 0 Å². The smallest absolute Gasteiger partial charge is 0.159 e. The van der Waals surface area contributed by atoms with E-state index in [4.69, 9.17) is 4.98 Å². The Morgan fingerprint density at radius 3 is 2.69 bits per heavy atom. The van der Waals surface area contributed by atoms with Crippen LogP contribution in [-0.2, 0) is 6.54 Å². The zero-order valence-corrected chi connectivity index (χ0v) is 19.1. The highest BCUT2D eigenvalue weighted by atomic mass is 19.1. The van der Waals surface area contributed by atoms with Crippen molar-refractivity contribution in [3.8, 4) is 34.0 Å². The Balaban J connectivity index is 1.45. The molecule has 35 heavy (non-hydrogen) atoms. The molecule has 0 saturated heterocycles. The van der Waals surface area contributed by atoms with Crippen molar-refractivity contribution in [2.24, 2.45) is 0 Å². The van der Waals surface area contributed by atoms with Crippen molar-refractivity contribution in [3.63, 3.8) is 0 Å². The number of nitrogens with one attached hydrogen (secondary N) is 2. The molecule has 0 aliphatic rings. The van der Waals surface area contributed by atoms with E-state index in [0.717, 1.165) is 39.8 Å². The van der Waals surface area contributed by atoms with Crippen LogP contribution in [0.5, 0.6) is 0 Å². The van der Waals surface area contributed by atoms with Crippen LogP contribution in [0.4, 0.5) is 4.39 Å². The van der Waals surface area contributed by atoms with E-state index in [-0.39, 0.29) is 5.82 Å². The normalized spacial score (nSPS) is 11.7. The van der Waals surface area contributed by atoms with Gasteiger partial charge in [-0.05, 0) is 50.0 Å². The minimum atomic E-state index is -0.320. The number of pyridine rings is 3. The quantitative estimate of drug-likeness (QED) is 0.379. The lowest BCUT2D eigenvalue weighted by molar-refractivity contribution is 0.402. The van der Waals surface area contributed by atoms with Crippen molar-refractivity contribution in [3.05, 3.63) is 78.6 Å². The molecule has 0 atom stereocenters. The molecule has 9 heteroatoms. The van der Waals surface area contributed by atoms with Gasteiger partial charge in [0.05, 0.1) is 28.6 Å². The summed E-state index contributed by atoms with van der Waals surface area (Å²) in [5.41, 5.74) is 7.02. The molecule has 0 fully saturated rings. The molecule has 0 unspecified atom stereocenters. The second kappa shape index (κ2) is 8.37. The Bertz CT molecular complexity index is 1680. The van der Waals surface area contributed by atoms with Gasteiger partial charge in [-0.2, -0.15) is 5.10 Å². The predicted molar refractivity (Wildman–Crippen MR) is 133 cm³/mol. The highest BCUT2D eigenvalue weighted by molar-refractivity contribution is 5.96. The van der Waals surface area contributed by atoms with Crippen LogP contribution in [0.15, 0.2) is 67.3 Å². The monoisotopic (exact) mass is 464 g/mol. The molecule has 0 radical (unpaired) electrons. The third-order valence-electron chi connectivity index (χ3n) is 5.76. The fourth-order valence-electron chi connectivity index (χ4n) is 4.23. The first-order chi connectivity index (χ1) is 17.0. The summed E-state index contributed by atoms with van der Waals surface area (Å²) in [6.45, 7) is 0.792. The van der Waals surface area contributed by atoms with E-state index in [1.165, 1.54) is 12.1 Å². The number of benzene rings is 1. The van der Waals surface area contributed by atoms with Gasteiger partial charge in [-0.15, -0.1) is 0 Å². The highest BCUT2D eigenvalue weighted by Crippen LogP contribution is 2.31. The van der Waals surface area contributed by atoms with E-state index in [1.807, 2.05) is 44.7 Å². The van der Waals surface area contributed by atoms with Crippen LogP contribution in [0.2, 0.25) is 0 Å². The number of nitrogens with zero attached hydrogens (tertiary/aromatic N) is 6. The molecule has 5 heterocycles. The Labute approximate surface area is 199 Å². The molecule has 0 aliphatic heterocycles. The van der Waals surface area contributed by atoms with E-state index in [2.05, 4.69) is 41.1 Å². The molecule has 172 valence electrons. The molecular formula is C26H21FN8. The Kier molecular flexibility index (Phi) is 5.04. The number of hydrogen-bond donors (Lipinski definition) is 2. The molecule has 0 aliphatic carbocycles. The molecule has 5 aromatic heterocycles. The van der Waals surface area contributed by atoms with E-state index in [9.17, 15) is 4.39 Å². The van der Waals surface area contributed by atoms with Crippen molar-refractivity contribution in [2.75, 3.05) is 14.1 Å². The lowest BCUT2D eigenvalue weighted by Crippen LogP contribution is -2.10. The SMILES string of the molecule is CN(C)Cc1cncc(-c2cc3c(-c4nc5c(-c6cccc(F)c6)nccc5[nH]4)n[nH]c3cn2)c1. The highest BCUT2D eigenvalue weighted by Gasteiger charge is 2.17. The molecular weight excluding hydrogens is 443 g/mol. The molecule has 0 spiro atoms. The summed E-state index contributed by atoms with van der Waals surface area (Å²) in [5, 5.41) is 8.43. The molecule has 2 N–H and O–H groups in total. The van der Waals surface area contributed by atoms with Crippen LogP contribution >= 0.6 is 0 Å². The Morgan fingerprint density at radius 1 is 0.914 bits per heavy atom. The maximum atomic E-state index is 13.8. The average molecular weight is 465 g/mol. The van der Waals surface area contributed by atoms with Gasteiger partial charge in [0.1, 0.15) is 17.0 Å². The van der Waals surface area contributed by atoms with Crippen molar-refractivity contribution >= 4 is 21.9 Å². The molecule has 0 bridgehead atoms. The van der Waals surface area contributed by atoms with Gasteiger partial charge >= 0.3 is 0 Å². The first-order valence-electron chi connectivity index (χ1n) is 11.1. The zero-order chi connectivity index (χ0) is 23.9. The van der Waals surface area contributed by atoms with Gasteiger partial charge in [-0.3, -0.25) is 20.1 Å². The standard InChI is InChI=1S/C26H21FN8/c1-35(2)14-15-8-17(12-28-11-15)21-10-19-22(13-30-21)33-34-24(19)26-31-20-6-7-29-23(25(20)32-26)16-4-3-5-18(27)9-16/h3-13H,14H2,1-2H3,(H,31,32)(H,33,34). The van der Waals surface area contributed by atoms with Gasteiger partial charge in [0.15, 0.2) is 5.82 Å². The Hall–Kier alpha value is -4.50. The fourth-order valence-corrected chi connectivity index (χ4v) is 4.23. The fraction of sp³-hybridized carbons (Fsp3) is 0.115. The summed E-state index contributed by atoms with van der Waals surface area (Å²) in [4.78, 5) is 23.7. The minimum absolute atomic E-state index is 0.320. The number of fused-ring (bicyclic) bond motifs is 2. The van der Waals surface area contributed by atoms with E-state index in [1.54, 1.807) is 18.5 Å². The minimum Gasteiger partial charge on any atom is -0.336 e. The molecule has 1 aromatic carbocycles. The number of imidazole rings is 1. The molecule has 6 rings (SSSR count). The first-order valence-corrected chi connectivity index (χ1v) is 11.1. The van der Waals surface area contributed by atoms with Crippen LogP contribution in [0.1, 0.15) is 5.56 Å². The van der Waals surface area contributed by atoms with Crippen LogP contribution in [0, 0.1) is 5.82 Å². The van der Waals surface area contributed by atoms with Crippen LogP contribution in [0.25, 0.3) is 56.0 Å². The number of aromatic amines is 2. The summed E-state index contributed by atoms with van der Waals surface area (Å²) in [7, 11) is 4.05. The maximum Gasteiger partial charge on any atom is 0.159 e. The van der Waals surface area contributed by atoms with Crippen LogP contribution in [-0.4, -0.2) is 54.1 Å². The summed E-state index contributed by atoms with van der Waals surface area (Å²) >= 11 is 0. The third-order valence-corrected chi connectivity index (χ3v) is 5.76. The zero-order valence-electron chi connectivity index (χ0n) is 19.1. The number of halogens is 1. The first kappa shape index (κ1) is 21.1. The van der Waals surface area contributed by atoms with Crippen molar-refractivity contribution in [1.29, 1.82) is 0 Å². The van der Waals surface area contributed by atoms with Gasteiger partial charge in [-0.25, -0.2) is 9.37 Å². The second-order valence-electron chi connectivity index (χ2n) is 8.66. The molecule has 0 saturated carbocycles.